The van der Waals surface area contributed by atoms with Crippen LogP contribution in [0.5, 0.6) is 11.5 Å². The number of carbonyl (C=O) groups excluding carboxylic acids is 1. The number of methoxy groups -OCH3 is 1. The molecule has 2 heterocycles. The van der Waals surface area contributed by atoms with Gasteiger partial charge in [0.1, 0.15) is 11.5 Å². The number of para-hydroxylation sites is 1. The van der Waals surface area contributed by atoms with E-state index in [2.05, 4.69) is 43.8 Å². The molecule has 10 heteroatoms. The smallest absolute Gasteiger partial charge is 0.271 e. The van der Waals surface area contributed by atoms with Gasteiger partial charge in [-0.3, -0.25) is 14.2 Å². The number of amides is 1. The molecule has 1 atom stereocenters. The Morgan fingerprint density at radius 3 is 2.67 bits per heavy atom. The lowest BCUT2D eigenvalue weighted by atomic mass is 9.95. The Hall–Kier alpha value is -3.22. The summed E-state index contributed by atoms with van der Waals surface area (Å²) in [5, 5.41) is 2.97. The Morgan fingerprint density at radius 1 is 1.18 bits per heavy atom. The summed E-state index contributed by atoms with van der Waals surface area (Å²) in [6, 6.07) is 19.8. The number of hydrogen-bond donors (Lipinski definition) is 1. The monoisotopic (exact) mass is 729 g/mol. The zero-order chi connectivity index (χ0) is 28.4. The third kappa shape index (κ3) is 5.65. The number of fused-ring (bicyclic) bond motifs is 1. The first-order valence-electron chi connectivity index (χ1n) is 12.5. The molecule has 0 fully saturated rings. The third-order valence-electron chi connectivity index (χ3n) is 6.32. The van der Waals surface area contributed by atoms with Gasteiger partial charge in [0.15, 0.2) is 4.80 Å². The number of nitrogens with zero attached hydrogens (tertiary/aromatic N) is 2. The number of allylic oxidation sites excluding steroid dienone is 1. The molecule has 1 aliphatic heterocycles. The normalized spacial score (nSPS) is 14.9. The number of benzene rings is 3. The molecule has 0 spiro atoms. The minimum absolute atomic E-state index is 0.244. The lowest BCUT2D eigenvalue weighted by molar-refractivity contribution is -0.113. The van der Waals surface area contributed by atoms with Gasteiger partial charge in [-0.05, 0) is 84.5 Å². The molecule has 40 heavy (non-hydrogen) atoms. The van der Waals surface area contributed by atoms with Crippen LogP contribution in [0.4, 0.5) is 5.69 Å². The summed E-state index contributed by atoms with van der Waals surface area (Å²) in [6.45, 7) is 4.22. The number of halogens is 2. The van der Waals surface area contributed by atoms with Crippen molar-refractivity contribution in [3.8, 4) is 11.5 Å². The minimum Gasteiger partial charge on any atom is -0.497 e. The van der Waals surface area contributed by atoms with E-state index in [-0.39, 0.29) is 11.5 Å². The molecule has 0 saturated carbocycles. The molecule has 3 aromatic carbocycles. The maximum absolute atomic E-state index is 14.1. The van der Waals surface area contributed by atoms with E-state index in [1.54, 1.807) is 18.6 Å². The first-order valence-corrected chi connectivity index (χ1v) is 15.1. The maximum atomic E-state index is 14.1. The van der Waals surface area contributed by atoms with E-state index in [9.17, 15) is 9.59 Å². The Balaban J connectivity index is 1.71. The molecule has 204 valence electrons. The van der Waals surface area contributed by atoms with Gasteiger partial charge < -0.3 is 14.8 Å². The SMILES string of the molecule is CCOc1c(I)cc(Br)cc1/C=c1\sc2n(c1=O)[C@@H](c1cccc(OC)c1)C(C(=O)Nc1ccccc1)=C(C)N=2. The largest absolute Gasteiger partial charge is 0.497 e. The van der Waals surface area contributed by atoms with E-state index in [0.29, 0.717) is 44.4 Å². The topological polar surface area (TPSA) is 81.9 Å². The average Bonchev–Trinajstić information content (AvgIpc) is 3.24. The second-order valence-electron chi connectivity index (χ2n) is 8.92. The number of rotatable bonds is 7. The second-order valence-corrected chi connectivity index (χ2v) is 12.0. The molecule has 5 rings (SSSR count). The number of aromatic nitrogens is 1. The predicted molar refractivity (Wildman–Crippen MR) is 170 cm³/mol. The van der Waals surface area contributed by atoms with Crippen molar-refractivity contribution in [2.45, 2.75) is 19.9 Å². The van der Waals surface area contributed by atoms with Crippen LogP contribution in [0.25, 0.3) is 6.08 Å². The van der Waals surface area contributed by atoms with Gasteiger partial charge in [0.25, 0.3) is 11.5 Å². The highest BCUT2D eigenvalue weighted by Gasteiger charge is 2.33. The van der Waals surface area contributed by atoms with Crippen LogP contribution in [0.15, 0.2) is 92.3 Å². The predicted octanol–water partition coefficient (Wildman–Crippen LogP) is 5.65. The van der Waals surface area contributed by atoms with Crippen LogP contribution in [0.1, 0.15) is 31.0 Å². The van der Waals surface area contributed by atoms with Gasteiger partial charge in [0, 0.05) is 15.7 Å². The van der Waals surface area contributed by atoms with Crippen LogP contribution in [-0.2, 0) is 4.79 Å². The van der Waals surface area contributed by atoms with Crippen molar-refractivity contribution in [2.75, 3.05) is 19.0 Å². The van der Waals surface area contributed by atoms with Crippen LogP contribution in [-0.4, -0.2) is 24.2 Å². The highest BCUT2D eigenvalue weighted by molar-refractivity contribution is 14.1. The minimum atomic E-state index is -0.703. The van der Waals surface area contributed by atoms with Crippen molar-refractivity contribution in [1.29, 1.82) is 0 Å². The van der Waals surface area contributed by atoms with Crippen molar-refractivity contribution >= 4 is 67.5 Å². The summed E-state index contributed by atoms with van der Waals surface area (Å²) in [5.74, 6) is 1.01. The molecule has 4 aromatic rings. The fourth-order valence-corrected chi connectivity index (χ4v) is 7.33. The molecule has 1 aliphatic rings. The fourth-order valence-electron chi connectivity index (χ4n) is 4.58. The highest BCUT2D eigenvalue weighted by Crippen LogP contribution is 2.33. The Bertz CT molecular complexity index is 1810. The molecule has 0 radical (unpaired) electrons. The zero-order valence-electron chi connectivity index (χ0n) is 21.9. The summed E-state index contributed by atoms with van der Waals surface area (Å²) in [6.07, 6.45) is 1.83. The van der Waals surface area contributed by atoms with E-state index in [4.69, 9.17) is 14.5 Å². The Kier molecular flexibility index (Phi) is 8.57. The van der Waals surface area contributed by atoms with Gasteiger partial charge in [-0.1, -0.05) is 57.6 Å². The third-order valence-corrected chi connectivity index (χ3v) is 8.56. The Labute approximate surface area is 257 Å². The lowest BCUT2D eigenvalue weighted by Gasteiger charge is -2.25. The number of nitrogens with one attached hydrogen (secondary N) is 1. The van der Waals surface area contributed by atoms with E-state index < -0.39 is 6.04 Å². The highest BCUT2D eigenvalue weighted by atomic mass is 127. The van der Waals surface area contributed by atoms with Crippen LogP contribution in [0, 0.1) is 3.57 Å². The molecule has 0 aliphatic carbocycles. The standard InChI is InChI=1S/C30H25BrIN3O4S/c1-4-39-27-19(13-20(31)16-23(27)32)15-24-29(37)35-26(18-9-8-12-22(14-18)38-3)25(17(2)33-30(35)40-24)28(36)34-21-10-6-5-7-11-21/h5-16,26H,4H2,1-3H3,(H,34,36)/b24-15-/t26-/m0/s1. The Morgan fingerprint density at radius 2 is 1.95 bits per heavy atom. The van der Waals surface area contributed by atoms with E-state index in [1.165, 1.54) is 11.3 Å². The number of ether oxygens (including phenoxy) is 2. The van der Waals surface area contributed by atoms with Crippen molar-refractivity contribution < 1.29 is 14.3 Å². The van der Waals surface area contributed by atoms with Crippen LogP contribution in [0.3, 0.4) is 0 Å². The molecular weight excluding hydrogens is 705 g/mol. The summed E-state index contributed by atoms with van der Waals surface area (Å²) in [7, 11) is 1.59. The van der Waals surface area contributed by atoms with Gasteiger partial charge >= 0.3 is 0 Å². The van der Waals surface area contributed by atoms with E-state index >= 15 is 0 Å². The number of carbonyl (C=O) groups is 1. The van der Waals surface area contributed by atoms with Gasteiger partial charge in [0.2, 0.25) is 0 Å². The fraction of sp³-hybridized carbons (Fsp3) is 0.167. The van der Waals surface area contributed by atoms with Gasteiger partial charge in [-0.15, -0.1) is 0 Å². The number of thiazole rings is 1. The number of anilines is 1. The van der Waals surface area contributed by atoms with Crippen molar-refractivity contribution in [1.82, 2.24) is 4.57 Å². The molecule has 0 unspecified atom stereocenters. The van der Waals surface area contributed by atoms with Crippen LogP contribution in [0.2, 0.25) is 0 Å². The van der Waals surface area contributed by atoms with Crippen LogP contribution < -0.4 is 29.7 Å². The molecule has 1 aromatic heterocycles. The second kappa shape index (κ2) is 12.1. The van der Waals surface area contributed by atoms with E-state index in [1.807, 2.05) is 79.7 Å². The van der Waals surface area contributed by atoms with Crippen molar-refractivity contribution in [3.05, 3.63) is 117 Å². The van der Waals surface area contributed by atoms with Gasteiger partial charge in [-0.25, -0.2) is 4.99 Å². The number of hydrogen-bond acceptors (Lipinski definition) is 6. The quantitative estimate of drug-likeness (QED) is 0.250. The van der Waals surface area contributed by atoms with E-state index in [0.717, 1.165) is 19.2 Å². The molecule has 0 bridgehead atoms. The molecule has 7 nitrogen and oxygen atoms in total. The maximum Gasteiger partial charge on any atom is 0.271 e. The summed E-state index contributed by atoms with van der Waals surface area (Å²) >= 11 is 7.07. The first kappa shape index (κ1) is 28.3. The summed E-state index contributed by atoms with van der Waals surface area (Å²) in [5.41, 5.74) is 2.87. The lowest BCUT2D eigenvalue weighted by Crippen LogP contribution is -2.40. The van der Waals surface area contributed by atoms with Gasteiger partial charge in [-0.2, -0.15) is 0 Å². The first-order chi connectivity index (χ1) is 19.3. The molecular formula is C30H25BrIN3O4S. The van der Waals surface area contributed by atoms with Crippen LogP contribution >= 0.6 is 49.9 Å². The van der Waals surface area contributed by atoms with Crippen molar-refractivity contribution in [2.24, 2.45) is 4.99 Å². The molecule has 1 amide bonds. The zero-order valence-corrected chi connectivity index (χ0v) is 26.5. The summed E-state index contributed by atoms with van der Waals surface area (Å²) in [4.78, 5) is 33.0. The average molecular weight is 730 g/mol. The molecule has 1 N–H and O–H groups in total. The summed E-state index contributed by atoms with van der Waals surface area (Å²) < 4.78 is 15.3. The van der Waals surface area contributed by atoms with Crippen molar-refractivity contribution in [3.63, 3.8) is 0 Å². The van der Waals surface area contributed by atoms with Gasteiger partial charge in [0.05, 0.1) is 39.1 Å². The molecule has 0 saturated heterocycles.